The molecule has 0 aliphatic heterocycles. The predicted octanol–water partition coefficient (Wildman–Crippen LogP) is 5.45. The molecule has 0 radical (unpaired) electrons. The van der Waals surface area contributed by atoms with Crippen molar-refractivity contribution in [3.05, 3.63) is 131 Å². The summed E-state index contributed by atoms with van der Waals surface area (Å²) in [5.41, 5.74) is 4.95. The Morgan fingerprint density at radius 1 is 0.767 bits per heavy atom. The van der Waals surface area contributed by atoms with E-state index in [0.717, 1.165) is 27.8 Å². The van der Waals surface area contributed by atoms with Crippen LogP contribution in [0.3, 0.4) is 0 Å². The topological polar surface area (TPSA) is 86.8 Å². The molecule has 4 aromatic carbocycles. The van der Waals surface area contributed by atoms with Crippen LogP contribution in [0, 0.1) is 13.8 Å². The number of amides is 2. The van der Waals surface area contributed by atoms with Crippen molar-refractivity contribution in [1.82, 2.24) is 10.2 Å². The molecule has 4 rings (SSSR count). The Labute approximate surface area is 255 Å². The van der Waals surface area contributed by atoms with Gasteiger partial charge in [0.15, 0.2) is 0 Å². The number of hydrogen-bond acceptors (Lipinski definition) is 4. The predicted molar refractivity (Wildman–Crippen MR) is 171 cm³/mol. The molecule has 0 bridgehead atoms. The number of nitrogens with zero attached hydrogens (tertiary/aromatic N) is 2. The summed E-state index contributed by atoms with van der Waals surface area (Å²) in [6.07, 6.45) is 0.848. The summed E-state index contributed by atoms with van der Waals surface area (Å²) in [5.74, 6) is -0.807. The van der Waals surface area contributed by atoms with Gasteiger partial charge in [-0.3, -0.25) is 13.9 Å². The number of carbonyl (C=O) groups excluding carboxylic acids is 2. The highest BCUT2D eigenvalue weighted by Gasteiger charge is 2.34. The van der Waals surface area contributed by atoms with E-state index in [4.69, 9.17) is 0 Å². The Balaban J connectivity index is 1.81. The van der Waals surface area contributed by atoms with Crippen LogP contribution in [0.2, 0.25) is 0 Å². The van der Waals surface area contributed by atoms with E-state index in [0.29, 0.717) is 12.1 Å². The second-order valence-electron chi connectivity index (χ2n) is 10.6. The van der Waals surface area contributed by atoms with Crippen molar-refractivity contribution in [1.29, 1.82) is 0 Å². The number of nitrogens with one attached hydrogen (secondary N) is 1. The molecule has 0 heterocycles. The molecular formula is C35H39N3O4S. The molecule has 0 fully saturated rings. The van der Waals surface area contributed by atoms with E-state index < -0.39 is 28.5 Å². The van der Waals surface area contributed by atoms with Gasteiger partial charge >= 0.3 is 0 Å². The standard InChI is InChI=1S/C35H39N3O4S/c1-5-30-13-9-10-14-32(30)38(43(41,42)31-21-17-27(3)18-22-31)25-34(39)37(24-29-19-15-26(2)16-20-29)33(35(40)36-4)23-28-11-7-6-8-12-28/h6-22,33H,5,23-25H2,1-4H3,(H,36,40)/t33-/m0/s1. The lowest BCUT2D eigenvalue weighted by Crippen LogP contribution is -2.53. The van der Waals surface area contributed by atoms with Gasteiger partial charge in [-0.15, -0.1) is 0 Å². The van der Waals surface area contributed by atoms with Crippen LogP contribution in [0.4, 0.5) is 5.69 Å². The Morgan fingerprint density at radius 2 is 1.35 bits per heavy atom. The zero-order valence-corrected chi connectivity index (χ0v) is 26.0. The van der Waals surface area contributed by atoms with E-state index in [1.165, 1.54) is 9.21 Å². The summed E-state index contributed by atoms with van der Waals surface area (Å²) in [5, 5.41) is 2.72. The van der Waals surface area contributed by atoms with E-state index in [2.05, 4.69) is 5.32 Å². The van der Waals surface area contributed by atoms with E-state index in [1.54, 1.807) is 43.4 Å². The maximum atomic E-state index is 14.4. The van der Waals surface area contributed by atoms with Gasteiger partial charge in [0, 0.05) is 20.0 Å². The Bertz CT molecular complexity index is 1640. The highest BCUT2D eigenvalue weighted by molar-refractivity contribution is 7.92. The molecule has 0 saturated heterocycles. The Morgan fingerprint density at radius 3 is 1.95 bits per heavy atom. The van der Waals surface area contributed by atoms with Crippen molar-refractivity contribution < 1.29 is 18.0 Å². The largest absolute Gasteiger partial charge is 0.357 e. The van der Waals surface area contributed by atoms with E-state index in [-0.39, 0.29) is 23.8 Å². The van der Waals surface area contributed by atoms with Gasteiger partial charge in [0.2, 0.25) is 11.8 Å². The van der Waals surface area contributed by atoms with Crippen molar-refractivity contribution in [2.24, 2.45) is 0 Å². The highest BCUT2D eigenvalue weighted by atomic mass is 32.2. The van der Waals surface area contributed by atoms with E-state index in [9.17, 15) is 18.0 Å². The molecule has 1 atom stereocenters. The van der Waals surface area contributed by atoms with Gasteiger partial charge in [-0.05, 0) is 55.2 Å². The second kappa shape index (κ2) is 14.2. The van der Waals surface area contributed by atoms with Crippen molar-refractivity contribution in [2.75, 3.05) is 17.9 Å². The lowest BCUT2D eigenvalue weighted by atomic mass is 10.0. The second-order valence-corrected chi connectivity index (χ2v) is 12.5. The SMILES string of the molecule is CCc1ccccc1N(CC(=O)N(Cc1ccc(C)cc1)[C@@H](Cc1ccccc1)C(=O)NC)S(=O)(=O)c1ccc(C)cc1. The number of benzene rings is 4. The molecule has 0 unspecified atom stereocenters. The van der Waals surface area contributed by atoms with Gasteiger partial charge in [0.1, 0.15) is 12.6 Å². The summed E-state index contributed by atoms with van der Waals surface area (Å²) in [6, 6.07) is 30.2. The summed E-state index contributed by atoms with van der Waals surface area (Å²) in [6.45, 7) is 5.48. The number of hydrogen-bond donors (Lipinski definition) is 1. The zero-order valence-electron chi connectivity index (χ0n) is 25.2. The van der Waals surface area contributed by atoms with Crippen molar-refractivity contribution >= 4 is 27.5 Å². The number of sulfonamides is 1. The lowest BCUT2D eigenvalue weighted by molar-refractivity contribution is -0.139. The van der Waals surface area contributed by atoms with Crippen LogP contribution in [0.5, 0.6) is 0 Å². The minimum absolute atomic E-state index is 0.0917. The third kappa shape index (κ3) is 7.70. The van der Waals surface area contributed by atoms with Gasteiger partial charge in [-0.2, -0.15) is 0 Å². The van der Waals surface area contributed by atoms with Gasteiger partial charge in [-0.25, -0.2) is 8.42 Å². The molecular weight excluding hydrogens is 558 g/mol. The molecule has 0 saturated carbocycles. The first kappa shape index (κ1) is 31.5. The Hall–Kier alpha value is -4.43. The van der Waals surface area contributed by atoms with Crippen LogP contribution in [-0.2, 0) is 39.0 Å². The van der Waals surface area contributed by atoms with Crippen molar-refractivity contribution in [3.63, 3.8) is 0 Å². The molecule has 43 heavy (non-hydrogen) atoms. The van der Waals surface area contributed by atoms with Crippen LogP contribution in [0.25, 0.3) is 0 Å². The number of para-hydroxylation sites is 1. The summed E-state index contributed by atoms with van der Waals surface area (Å²) in [7, 11) is -2.59. The van der Waals surface area contributed by atoms with Crippen molar-refractivity contribution in [2.45, 2.75) is 51.1 Å². The molecule has 224 valence electrons. The quantitative estimate of drug-likeness (QED) is 0.235. The fraction of sp³-hybridized carbons (Fsp3) is 0.257. The molecule has 7 nitrogen and oxygen atoms in total. The number of likely N-dealkylation sites (N-methyl/N-ethyl adjacent to an activating group) is 1. The maximum Gasteiger partial charge on any atom is 0.264 e. The number of rotatable bonds is 12. The minimum atomic E-state index is -4.14. The van der Waals surface area contributed by atoms with Crippen LogP contribution in [0.15, 0.2) is 108 Å². The van der Waals surface area contributed by atoms with E-state index >= 15 is 0 Å². The average molecular weight is 598 g/mol. The molecule has 1 N–H and O–H groups in total. The number of aryl methyl sites for hydroxylation is 3. The fourth-order valence-electron chi connectivity index (χ4n) is 5.01. The molecule has 2 amide bonds. The minimum Gasteiger partial charge on any atom is -0.357 e. The van der Waals surface area contributed by atoms with Gasteiger partial charge < -0.3 is 10.2 Å². The summed E-state index contributed by atoms with van der Waals surface area (Å²) < 4.78 is 29.6. The molecule has 8 heteroatoms. The molecule has 0 aliphatic carbocycles. The molecule has 0 aromatic heterocycles. The lowest BCUT2D eigenvalue weighted by Gasteiger charge is -2.34. The summed E-state index contributed by atoms with van der Waals surface area (Å²) >= 11 is 0. The first-order chi connectivity index (χ1) is 20.6. The monoisotopic (exact) mass is 597 g/mol. The first-order valence-electron chi connectivity index (χ1n) is 14.4. The normalized spacial score (nSPS) is 11.9. The summed E-state index contributed by atoms with van der Waals surface area (Å²) in [4.78, 5) is 29.4. The van der Waals surface area contributed by atoms with Crippen LogP contribution < -0.4 is 9.62 Å². The smallest absolute Gasteiger partial charge is 0.264 e. The molecule has 4 aromatic rings. The fourth-order valence-corrected chi connectivity index (χ4v) is 6.47. The zero-order chi connectivity index (χ0) is 31.0. The Kier molecular flexibility index (Phi) is 10.4. The maximum absolute atomic E-state index is 14.4. The van der Waals surface area contributed by atoms with Crippen LogP contribution >= 0.6 is 0 Å². The van der Waals surface area contributed by atoms with Gasteiger partial charge in [0.25, 0.3) is 10.0 Å². The third-order valence-electron chi connectivity index (χ3n) is 7.52. The highest BCUT2D eigenvalue weighted by Crippen LogP contribution is 2.28. The number of carbonyl (C=O) groups is 2. The molecule has 0 spiro atoms. The number of anilines is 1. The van der Waals surface area contributed by atoms with Crippen molar-refractivity contribution in [3.8, 4) is 0 Å². The van der Waals surface area contributed by atoms with Crippen LogP contribution in [-0.4, -0.2) is 44.8 Å². The average Bonchev–Trinajstić information content (AvgIpc) is 3.02. The molecule has 0 aliphatic rings. The first-order valence-corrected chi connectivity index (χ1v) is 15.9. The van der Waals surface area contributed by atoms with Gasteiger partial charge in [-0.1, -0.05) is 103 Å². The van der Waals surface area contributed by atoms with E-state index in [1.807, 2.05) is 87.5 Å². The third-order valence-corrected chi connectivity index (χ3v) is 9.29. The van der Waals surface area contributed by atoms with Gasteiger partial charge in [0.05, 0.1) is 10.6 Å². The van der Waals surface area contributed by atoms with Crippen LogP contribution in [0.1, 0.15) is 34.7 Å².